The third-order valence-corrected chi connectivity index (χ3v) is 7.09. The van der Waals surface area contributed by atoms with Crippen molar-refractivity contribution >= 4 is 22.9 Å². The van der Waals surface area contributed by atoms with E-state index in [1.165, 1.54) is 25.6 Å². The highest BCUT2D eigenvalue weighted by atomic mass is 16.5. The number of likely N-dealkylation sites (tertiary alicyclic amines) is 2. The second-order valence-corrected chi connectivity index (χ2v) is 9.36. The molecule has 0 radical (unpaired) electrons. The first-order valence-corrected chi connectivity index (χ1v) is 12.5. The fourth-order valence-electron chi connectivity index (χ4n) is 5.07. The lowest BCUT2D eigenvalue weighted by molar-refractivity contribution is 0.0751. The van der Waals surface area contributed by atoms with E-state index in [2.05, 4.69) is 19.9 Å². The van der Waals surface area contributed by atoms with Gasteiger partial charge in [0.15, 0.2) is 11.5 Å². The van der Waals surface area contributed by atoms with E-state index >= 15 is 0 Å². The molecule has 3 N–H and O–H groups in total. The van der Waals surface area contributed by atoms with Gasteiger partial charge in [0.05, 0.1) is 18.5 Å². The van der Waals surface area contributed by atoms with E-state index in [0.717, 1.165) is 25.4 Å². The first kappa shape index (κ1) is 23.5. The Kier molecular flexibility index (Phi) is 7.10. The molecule has 3 aromatic rings. The van der Waals surface area contributed by atoms with Crippen LogP contribution < -0.4 is 10.5 Å². The average molecular weight is 480 g/mol. The van der Waals surface area contributed by atoms with Crippen molar-refractivity contribution in [1.82, 2.24) is 29.3 Å². The molecule has 0 bridgehead atoms. The van der Waals surface area contributed by atoms with Gasteiger partial charge in [-0.1, -0.05) is 6.42 Å². The number of hydrogen-bond donors (Lipinski definition) is 2. The number of carbonyl (C=O) groups is 1. The van der Waals surface area contributed by atoms with E-state index in [1.807, 2.05) is 28.8 Å². The molecule has 186 valence electrons. The summed E-state index contributed by atoms with van der Waals surface area (Å²) in [5, 5.41) is 10.9. The average Bonchev–Trinajstić information content (AvgIpc) is 3.22. The Morgan fingerprint density at radius 1 is 1.03 bits per heavy atom. The van der Waals surface area contributed by atoms with Gasteiger partial charge in [-0.3, -0.25) is 9.69 Å². The molecule has 0 saturated carbocycles. The van der Waals surface area contributed by atoms with Crippen LogP contribution >= 0.6 is 0 Å². The number of hydrogen-bond acceptors (Lipinski definition) is 8. The molecule has 1 amide bonds. The number of aliphatic hydroxyl groups excluding tert-OH is 1. The fraction of sp³-hybridized carbons (Fsp3) is 0.520. The largest absolute Gasteiger partial charge is 0.492 e. The SMILES string of the molecule is Nc1ncnc2c1ncn2[C@H]1CCN(C(=O)c2ccc(OCCN3CCCCC3)cc2)CC[C@@H]1O. The Balaban J connectivity index is 1.19. The van der Waals surface area contributed by atoms with Crippen molar-refractivity contribution < 1.29 is 14.6 Å². The number of benzene rings is 1. The molecular formula is C25H33N7O3. The quantitative estimate of drug-likeness (QED) is 0.551. The molecule has 2 fully saturated rings. The minimum absolute atomic E-state index is 0.0419. The molecule has 0 unspecified atom stereocenters. The summed E-state index contributed by atoms with van der Waals surface area (Å²) in [7, 11) is 0. The molecule has 4 heterocycles. The van der Waals surface area contributed by atoms with Gasteiger partial charge >= 0.3 is 0 Å². The van der Waals surface area contributed by atoms with E-state index in [-0.39, 0.29) is 11.9 Å². The molecule has 2 saturated heterocycles. The van der Waals surface area contributed by atoms with Crippen LogP contribution in [-0.4, -0.2) is 85.8 Å². The Labute approximate surface area is 204 Å². The van der Waals surface area contributed by atoms with Gasteiger partial charge in [0.2, 0.25) is 0 Å². The number of imidazole rings is 1. The number of amides is 1. The number of aromatic nitrogens is 4. The molecule has 2 aromatic heterocycles. The minimum Gasteiger partial charge on any atom is -0.492 e. The number of aliphatic hydroxyl groups is 1. The fourth-order valence-corrected chi connectivity index (χ4v) is 5.07. The van der Waals surface area contributed by atoms with E-state index in [9.17, 15) is 9.90 Å². The third kappa shape index (κ3) is 5.23. The van der Waals surface area contributed by atoms with Crippen LogP contribution in [0.5, 0.6) is 5.75 Å². The number of rotatable bonds is 6. The number of ether oxygens (including phenoxy) is 1. The summed E-state index contributed by atoms with van der Waals surface area (Å²) in [6.07, 6.45) is 7.33. The zero-order chi connectivity index (χ0) is 24.2. The number of carbonyl (C=O) groups excluding carboxylic acids is 1. The van der Waals surface area contributed by atoms with Crippen molar-refractivity contribution in [2.75, 3.05) is 45.1 Å². The molecule has 0 spiro atoms. The Hall–Kier alpha value is -3.24. The van der Waals surface area contributed by atoms with Crippen LogP contribution in [0.15, 0.2) is 36.9 Å². The maximum Gasteiger partial charge on any atom is 0.253 e. The van der Waals surface area contributed by atoms with Gasteiger partial charge in [-0.25, -0.2) is 15.0 Å². The summed E-state index contributed by atoms with van der Waals surface area (Å²) >= 11 is 0. The number of nitrogen functional groups attached to an aromatic ring is 1. The number of fused-ring (bicyclic) bond motifs is 1. The van der Waals surface area contributed by atoms with Crippen molar-refractivity contribution in [3.8, 4) is 5.75 Å². The van der Waals surface area contributed by atoms with E-state index < -0.39 is 6.10 Å². The molecule has 2 atom stereocenters. The van der Waals surface area contributed by atoms with Crippen LogP contribution in [0.3, 0.4) is 0 Å². The lowest BCUT2D eigenvalue weighted by atomic mass is 10.1. The molecule has 0 aliphatic carbocycles. The van der Waals surface area contributed by atoms with E-state index in [4.69, 9.17) is 10.5 Å². The van der Waals surface area contributed by atoms with Crippen molar-refractivity contribution in [2.45, 2.75) is 44.2 Å². The van der Waals surface area contributed by atoms with Crippen LogP contribution in [0.25, 0.3) is 11.2 Å². The third-order valence-electron chi connectivity index (χ3n) is 7.09. The second-order valence-electron chi connectivity index (χ2n) is 9.36. The van der Waals surface area contributed by atoms with Crippen LogP contribution in [0.4, 0.5) is 5.82 Å². The van der Waals surface area contributed by atoms with Gasteiger partial charge in [0, 0.05) is 25.2 Å². The van der Waals surface area contributed by atoms with Gasteiger partial charge in [-0.05, 0) is 63.0 Å². The summed E-state index contributed by atoms with van der Waals surface area (Å²) in [6, 6.07) is 7.12. The van der Waals surface area contributed by atoms with Gasteiger partial charge in [0.1, 0.15) is 24.2 Å². The Bertz CT molecular complexity index is 1140. The molecule has 2 aliphatic rings. The lowest BCUT2D eigenvalue weighted by Gasteiger charge is -2.26. The first-order chi connectivity index (χ1) is 17.1. The van der Waals surface area contributed by atoms with E-state index in [1.54, 1.807) is 11.2 Å². The summed E-state index contributed by atoms with van der Waals surface area (Å²) in [4.78, 5) is 30.0. The molecular weight excluding hydrogens is 446 g/mol. The summed E-state index contributed by atoms with van der Waals surface area (Å²) in [6.45, 7) is 4.90. The lowest BCUT2D eigenvalue weighted by Crippen LogP contribution is -2.33. The maximum absolute atomic E-state index is 13.2. The molecule has 2 aliphatic heterocycles. The predicted octanol–water partition coefficient (Wildman–Crippen LogP) is 2.11. The monoisotopic (exact) mass is 479 g/mol. The highest BCUT2D eigenvalue weighted by Gasteiger charge is 2.30. The molecule has 10 heteroatoms. The second kappa shape index (κ2) is 10.6. The number of piperidine rings is 1. The zero-order valence-electron chi connectivity index (χ0n) is 19.9. The Morgan fingerprint density at radius 3 is 2.60 bits per heavy atom. The minimum atomic E-state index is -0.628. The van der Waals surface area contributed by atoms with Gasteiger partial charge < -0.3 is 25.0 Å². The van der Waals surface area contributed by atoms with Crippen LogP contribution in [0.1, 0.15) is 48.5 Å². The topological polar surface area (TPSA) is 123 Å². The van der Waals surface area contributed by atoms with E-state index in [0.29, 0.717) is 55.1 Å². The van der Waals surface area contributed by atoms with Crippen molar-refractivity contribution in [2.24, 2.45) is 0 Å². The summed E-state index contributed by atoms with van der Waals surface area (Å²) < 4.78 is 7.74. The normalized spacial score (nSPS) is 21.7. The maximum atomic E-state index is 13.2. The highest BCUT2D eigenvalue weighted by molar-refractivity contribution is 5.94. The highest BCUT2D eigenvalue weighted by Crippen LogP contribution is 2.28. The smallest absolute Gasteiger partial charge is 0.253 e. The van der Waals surface area contributed by atoms with Crippen molar-refractivity contribution in [1.29, 1.82) is 0 Å². The van der Waals surface area contributed by atoms with Crippen LogP contribution in [0, 0.1) is 0 Å². The number of nitrogens with two attached hydrogens (primary N) is 1. The number of anilines is 1. The standard InChI is InChI=1S/C25H33N7O3/c26-23-22-24(28-16-27-23)32(17-29-22)20-8-12-31(13-9-21(20)33)25(34)18-4-6-19(7-5-18)35-15-14-30-10-2-1-3-11-30/h4-7,16-17,20-21,33H,1-3,8-15H2,(H2,26,27,28)/t20-,21-/m0/s1. The zero-order valence-corrected chi connectivity index (χ0v) is 19.9. The van der Waals surface area contributed by atoms with Crippen molar-refractivity contribution in [3.05, 3.63) is 42.5 Å². The summed E-state index contributed by atoms with van der Waals surface area (Å²) in [5.74, 6) is 1.05. The van der Waals surface area contributed by atoms with Crippen LogP contribution in [0.2, 0.25) is 0 Å². The molecule has 10 nitrogen and oxygen atoms in total. The van der Waals surface area contributed by atoms with Crippen LogP contribution in [-0.2, 0) is 0 Å². The Morgan fingerprint density at radius 2 is 1.80 bits per heavy atom. The van der Waals surface area contributed by atoms with Gasteiger partial charge in [0.25, 0.3) is 5.91 Å². The van der Waals surface area contributed by atoms with Gasteiger partial charge in [-0.2, -0.15) is 0 Å². The summed E-state index contributed by atoms with van der Waals surface area (Å²) in [5.41, 5.74) is 7.65. The van der Waals surface area contributed by atoms with Crippen molar-refractivity contribution in [3.63, 3.8) is 0 Å². The van der Waals surface area contributed by atoms with Gasteiger partial charge in [-0.15, -0.1) is 0 Å². The molecule has 35 heavy (non-hydrogen) atoms. The molecule has 1 aromatic carbocycles. The first-order valence-electron chi connectivity index (χ1n) is 12.5. The number of nitrogens with zero attached hydrogens (tertiary/aromatic N) is 6. The molecule has 5 rings (SSSR count). The predicted molar refractivity (Wildman–Crippen MR) is 132 cm³/mol.